The molecule has 0 aliphatic heterocycles. The van der Waals surface area contributed by atoms with Gasteiger partial charge in [-0.3, -0.25) is 0 Å². The second-order valence-corrected chi connectivity index (χ2v) is 5.85. The van der Waals surface area contributed by atoms with Crippen LogP contribution in [0.4, 0.5) is 17.1 Å². The zero-order valence-electron chi connectivity index (χ0n) is 14.2. The standard InChI is InChI=1S/C21H18N4/c1-25(2)21-13-11-20(12-14-21)24-23-19-9-7-18(8-10-19)17-5-3-16(15-22)4-6-17/h3-14H,1-2H3. The summed E-state index contributed by atoms with van der Waals surface area (Å²) in [5, 5.41) is 17.4. The van der Waals surface area contributed by atoms with Gasteiger partial charge in [-0.2, -0.15) is 15.5 Å². The molecule has 0 unspecified atom stereocenters. The molecule has 4 nitrogen and oxygen atoms in total. The topological polar surface area (TPSA) is 51.8 Å². The van der Waals surface area contributed by atoms with E-state index in [1.165, 1.54) is 0 Å². The van der Waals surface area contributed by atoms with E-state index in [2.05, 4.69) is 16.3 Å². The van der Waals surface area contributed by atoms with Crippen LogP contribution < -0.4 is 4.90 Å². The maximum Gasteiger partial charge on any atom is 0.0991 e. The molecule has 3 aromatic rings. The van der Waals surface area contributed by atoms with Crippen LogP contribution in [-0.2, 0) is 0 Å². The lowest BCUT2D eigenvalue weighted by Crippen LogP contribution is -2.07. The van der Waals surface area contributed by atoms with Crippen LogP contribution in [0.5, 0.6) is 0 Å². The quantitative estimate of drug-likeness (QED) is 0.577. The first-order chi connectivity index (χ1) is 12.2. The summed E-state index contributed by atoms with van der Waals surface area (Å²) in [6.45, 7) is 0. The smallest absolute Gasteiger partial charge is 0.0991 e. The molecule has 0 atom stereocenters. The number of nitrogens with zero attached hydrogens (tertiary/aromatic N) is 4. The Bertz CT molecular complexity index is 900. The highest BCUT2D eigenvalue weighted by molar-refractivity contribution is 5.66. The molecule has 25 heavy (non-hydrogen) atoms. The van der Waals surface area contributed by atoms with E-state index in [1.807, 2.05) is 91.8 Å². The van der Waals surface area contributed by atoms with Crippen molar-refractivity contribution in [2.45, 2.75) is 0 Å². The van der Waals surface area contributed by atoms with Crippen molar-refractivity contribution in [2.24, 2.45) is 10.2 Å². The molecule has 0 amide bonds. The summed E-state index contributed by atoms with van der Waals surface area (Å²) >= 11 is 0. The highest BCUT2D eigenvalue weighted by atomic mass is 15.1. The summed E-state index contributed by atoms with van der Waals surface area (Å²) in [5.74, 6) is 0. The molecule has 0 aliphatic rings. The molecule has 0 aliphatic carbocycles. The number of benzene rings is 3. The summed E-state index contributed by atoms with van der Waals surface area (Å²) in [5.41, 5.74) is 5.57. The third-order valence-electron chi connectivity index (χ3n) is 3.86. The SMILES string of the molecule is CN(C)c1ccc(N=Nc2ccc(-c3ccc(C#N)cc3)cc2)cc1. The molecule has 0 fully saturated rings. The van der Waals surface area contributed by atoms with Gasteiger partial charge in [-0.25, -0.2) is 0 Å². The van der Waals surface area contributed by atoms with Crippen LogP contribution in [0.2, 0.25) is 0 Å². The number of hydrogen-bond donors (Lipinski definition) is 0. The minimum Gasteiger partial charge on any atom is -0.378 e. The summed E-state index contributed by atoms with van der Waals surface area (Å²) in [4.78, 5) is 2.04. The normalized spacial score (nSPS) is 10.6. The van der Waals surface area contributed by atoms with E-state index in [4.69, 9.17) is 5.26 Å². The van der Waals surface area contributed by atoms with E-state index >= 15 is 0 Å². The Kier molecular flexibility index (Phi) is 4.87. The van der Waals surface area contributed by atoms with Gasteiger partial charge in [0, 0.05) is 19.8 Å². The van der Waals surface area contributed by atoms with Crippen molar-refractivity contribution in [1.82, 2.24) is 0 Å². The van der Waals surface area contributed by atoms with Crippen molar-refractivity contribution in [3.8, 4) is 17.2 Å². The minimum absolute atomic E-state index is 0.662. The molecule has 0 heterocycles. The average molecular weight is 326 g/mol. The fraction of sp³-hybridized carbons (Fsp3) is 0.0952. The van der Waals surface area contributed by atoms with Crippen LogP contribution in [0.3, 0.4) is 0 Å². The molecule has 0 saturated carbocycles. The molecule has 0 bridgehead atoms. The second kappa shape index (κ2) is 7.41. The summed E-state index contributed by atoms with van der Waals surface area (Å²) in [6.07, 6.45) is 0. The lowest BCUT2D eigenvalue weighted by Gasteiger charge is -2.11. The van der Waals surface area contributed by atoms with Crippen molar-refractivity contribution in [1.29, 1.82) is 5.26 Å². The number of anilines is 1. The fourth-order valence-corrected chi connectivity index (χ4v) is 2.39. The van der Waals surface area contributed by atoms with Gasteiger partial charge in [0.15, 0.2) is 0 Å². The highest BCUT2D eigenvalue weighted by Crippen LogP contribution is 2.25. The van der Waals surface area contributed by atoms with Crippen LogP contribution in [0, 0.1) is 11.3 Å². The molecule has 3 aromatic carbocycles. The Labute approximate surface area is 147 Å². The summed E-state index contributed by atoms with van der Waals surface area (Å²) in [7, 11) is 4.01. The van der Waals surface area contributed by atoms with Gasteiger partial charge in [-0.15, -0.1) is 0 Å². The Morgan fingerprint density at radius 2 is 1.12 bits per heavy atom. The van der Waals surface area contributed by atoms with Gasteiger partial charge in [-0.1, -0.05) is 24.3 Å². The molecular weight excluding hydrogens is 308 g/mol. The van der Waals surface area contributed by atoms with Crippen LogP contribution in [0.25, 0.3) is 11.1 Å². The molecule has 0 radical (unpaired) electrons. The van der Waals surface area contributed by atoms with Gasteiger partial charge in [0.05, 0.1) is 23.0 Å². The molecule has 0 N–H and O–H groups in total. The zero-order chi connectivity index (χ0) is 17.6. The van der Waals surface area contributed by atoms with E-state index in [-0.39, 0.29) is 0 Å². The molecule has 0 saturated heterocycles. The van der Waals surface area contributed by atoms with E-state index in [1.54, 1.807) is 0 Å². The van der Waals surface area contributed by atoms with Gasteiger partial charge in [0.2, 0.25) is 0 Å². The van der Waals surface area contributed by atoms with Crippen molar-refractivity contribution < 1.29 is 0 Å². The van der Waals surface area contributed by atoms with Gasteiger partial charge >= 0.3 is 0 Å². The largest absolute Gasteiger partial charge is 0.378 e. The maximum absolute atomic E-state index is 8.86. The number of hydrogen-bond acceptors (Lipinski definition) is 4. The third kappa shape index (κ3) is 4.10. The number of nitriles is 1. The van der Waals surface area contributed by atoms with Crippen molar-refractivity contribution in [3.63, 3.8) is 0 Å². The van der Waals surface area contributed by atoms with Crippen molar-refractivity contribution >= 4 is 17.1 Å². The lowest BCUT2D eigenvalue weighted by molar-refractivity contribution is 1.13. The Balaban J connectivity index is 1.72. The Hall–Kier alpha value is -3.45. The molecule has 3 rings (SSSR count). The number of azo groups is 1. The molecular formula is C21H18N4. The molecule has 4 heteroatoms. The highest BCUT2D eigenvalue weighted by Gasteiger charge is 1.99. The first-order valence-electron chi connectivity index (χ1n) is 7.95. The molecule has 0 aromatic heterocycles. The fourth-order valence-electron chi connectivity index (χ4n) is 2.39. The van der Waals surface area contributed by atoms with Crippen LogP contribution >= 0.6 is 0 Å². The number of rotatable bonds is 4. The van der Waals surface area contributed by atoms with Crippen LogP contribution in [0.1, 0.15) is 5.56 Å². The Morgan fingerprint density at radius 3 is 1.56 bits per heavy atom. The average Bonchev–Trinajstić information content (AvgIpc) is 2.67. The summed E-state index contributed by atoms with van der Waals surface area (Å²) in [6, 6.07) is 25.5. The van der Waals surface area contributed by atoms with Crippen molar-refractivity contribution in [3.05, 3.63) is 78.4 Å². The van der Waals surface area contributed by atoms with E-state index in [9.17, 15) is 0 Å². The summed E-state index contributed by atoms with van der Waals surface area (Å²) < 4.78 is 0. The predicted octanol–water partition coefficient (Wildman–Crippen LogP) is 5.71. The van der Waals surface area contributed by atoms with Gasteiger partial charge < -0.3 is 4.90 Å². The van der Waals surface area contributed by atoms with E-state index in [0.717, 1.165) is 28.2 Å². The van der Waals surface area contributed by atoms with Gasteiger partial charge in [-0.05, 0) is 59.7 Å². The lowest BCUT2D eigenvalue weighted by atomic mass is 10.0. The van der Waals surface area contributed by atoms with Gasteiger partial charge in [0.1, 0.15) is 0 Å². The predicted molar refractivity (Wildman–Crippen MR) is 102 cm³/mol. The van der Waals surface area contributed by atoms with E-state index < -0.39 is 0 Å². The monoisotopic (exact) mass is 326 g/mol. The zero-order valence-corrected chi connectivity index (χ0v) is 14.2. The first-order valence-corrected chi connectivity index (χ1v) is 7.95. The van der Waals surface area contributed by atoms with Crippen LogP contribution in [0.15, 0.2) is 83.0 Å². The van der Waals surface area contributed by atoms with Gasteiger partial charge in [0.25, 0.3) is 0 Å². The third-order valence-corrected chi connectivity index (χ3v) is 3.86. The minimum atomic E-state index is 0.662. The second-order valence-electron chi connectivity index (χ2n) is 5.85. The van der Waals surface area contributed by atoms with Crippen LogP contribution in [-0.4, -0.2) is 14.1 Å². The van der Waals surface area contributed by atoms with Crippen molar-refractivity contribution in [2.75, 3.05) is 19.0 Å². The maximum atomic E-state index is 8.86. The Morgan fingerprint density at radius 1 is 0.680 bits per heavy atom. The molecule has 0 spiro atoms. The van der Waals surface area contributed by atoms with E-state index in [0.29, 0.717) is 5.56 Å². The molecule has 122 valence electrons. The first kappa shape index (κ1) is 16.4.